The highest BCUT2D eigenvalue weighted by molar-refractivity contribution is 7.89. The number of hydrogen-bond acceptors (Lipinski definition) is 5. The van der Waals surface area contributed by atoms with Gasteiger partial charge in [-0.1, -0.05) is 48.5 Å². The van der Waals surface area contributed by atoms with Gasteiger partial charge in [-0.2, -0.15) is 0 Å². The van der Waals surface area contributed by atoms with Gasteiger partial charge < -0.3 is 15.6 Å². The third-order valence-electron chi connectivity index (χ3n) is 6.88. The van der Waals surface area contributed by atoms with Crippen molar-refractivity contribution in [3.63, 3.8) is 0 Å². The fourth-order valence-electron chi connectivity index (χ4n) is 4.79. The van der Waals surface area contributed by atoms with E-state index in [1.54, 1.807) is 18.2 Å². The van der Waals surface area contributed by atoms with Crippen LogP contribution in [0.25, 0.3) is 11.0 Å². The van der Waals surface area contributed by atoms with E-state index in [0.717, 1.165) is 16.8 Å². The SMILES string of the molecule is C[C@@H](NC(=O)[C@H]1CC[C@H](NS(=O)(=O)c2ccc3[nH]c(Nc4ccccc4)nc3c2)CC1)c1ccccc1. The molecule has 1 atom stereocenters. The zero-order valence-corrected chi connectivity index (χ0v) is 21.5. The maximum absolute atomic E-state index is 13.1. The van der Waals surface area contributed by atoms with Gasteiger partial charge in [-0.3, -0.25) is 4.79 Å². The van der Waals surface area contributed by atoms with E-state index in [2.05, 4.69) is 25.3 Å². The third-order valence-corrected chi connectivity index (χ3v) is 8.40. The second-order valence-electron chi connectivity index (χ2n) is 9.57. The number of hydrogen-bond donors (Lipinski definition) is 4. The van der Waals surface area contributed by atoms with Gasteiger partial charge in [-0.25, -0.2) is 18.1 Å². The van der Waals surface area contributed by atoms with Gasteiger partial charge in [0.05, 0.1) is 22.0 Å². The number of nitrogens with one attached hydrogen (secondary N) is 4. The van der Waals surface area contributed by atoms with Crippen LogP contribution < -0.4 is 15.4 Å². The third kappa shape index (κ3) is 6.00. The van der Waals surface area contributed by atoms with Crippen molar-refractivity contribution in [3.05, 3.63) is 84.4 Å². The number of fused-ring (bicyclic) bond motifs is 1. The van der Waals surface area contributed by atoms with Gasteiger partial charge >= 0.3 is 0 Å². The van der Waals surface area contributed by atoms with Crippen molar-refractivity contribution in [2.75, 3.05) is 5.32 Å². The van der Waals surface area contributed by atoms with Gasteiger partial charge in [0.2, 0.25) is 21.9 Å². The molecule has 1 heterocycles. The smallest absolute Gasteiger partial charge is 0.240 e. The Morgan fingerprint density at radius 3 is 2.32 bits per heavy atom. The number of amides is 1. The van der Waals surface area contributed by atoms with Crippen molar-refractivity contribution >= 4 is 38.6 Å². The monoisotopic (exact) mass is 517 g/mol. The summed E-state index contributed by atoms with van der Waals surface area (Å²) in [6.07, 6.45) is 2.53. The summed E-state index contributed by atoms with van der Waals surface area (Å²) in [7, 11) is -3.72. The summed E-state index contributed by atoms with van der Waals surface area (Å²) in [5, 5.41) is 6.28. The maximum atomic E-state index is 13.1. The second-order valence-corrected chi connectivity index (χ2v) is 11.3. The van der Waals surface area contributed by atoms with Gasteiger partial charge in [-0.05, 0) is 68.5 Å². The van der Waals surface area contributed by atoms with Gasteiger partial charge in [0.1, 0.15) is 0 Å². The zero-order chi connectivity index (χ0) is 25.8. The highest BCUT2D eigenvalue weighted by atomic mass is 32.2. The molecule has 192 valence electrons. The summed E-state index contributed by atoms with van der Waals surface area (Å²) in [6, 6.07) is 24.1. The van der Waals surface area contributed by atoms with E-state index >= 15 is 0 Å². The van der Waals surface area contributed by atoms with Gasteiger partial charge in [0, 0.05) is 17.6 Å². The molecular formula is C28H31N5O3S. The summed E-state index contributed by atoms with van der Waals surface area (Å²) in [6.45, 7) is 1.98. The largest absolute Gasteiger partial charge is 0.349 e. The topological polar surface area (TPSA) is 116 Å². The minimum atomic E-state index is -3.72. The molecule has 0 spiro atoms. The van der Waals surface area contributed by atoms with Crippen LogP contribution in [-0.4, -0.2) is 30.3 Å². The molecule has 3 aromatic carbocycles. The number of anilines is 2. The second kappa shape index (κ2) is 10.7. The number of carbonyl (C=O) groups excluding carboxylic acids is 1. The van der Waals surface area contributed by atoms with Crippen LogP contribution in [0, 0.1) is 5.92 Å². The molecule has 4 N–H and O–H groups in total. The average Bonchev–Trinajstić information content (AvgIpc) is 3.31. The Labute approximate surface area is 217 Å². The van der Waals surface area contributed by atoms with E-state index in [4.69, 9.17) is 0 Å². The maximum Gasteiger partial charge on any atom is 0.240 e. The number of H-pyrrole nitrogens is 1. The molecule has 37 heavy (non-hydrogen) atoms. The van der Waals surface area contributed by atoms with Crippen molar-refractivity contribution in [1.82, 2.24) is 20.0 Å². The van der Waals surface area contributed by atoms with E-state index in [0.29, 0.717) is 37.1 Å². The van der Waals surface area contributed by atoms with Crippen LogP contribution in [0.1, 0.15) is 44.2 Å². The lowest BCUT2D eigenvalue weighted by Crippen LogP contribution is -2.41. The number of aromatic amines is 1. The van der Waals surface area contributed by atoms with Crippen LogP contribution in [-0.2, 0) is 14.8 Å². The highest BCUT2D eigenvalue weighted by Crippen LogP contribution is 2.27. The van der Waals surface area contributed by atoms with Gasteiger partial charge in [0.25, 0.3) is 0 Å². The molecule has 1 aromatic heterocycles. The molecule has 0 aliphatic heterocycles. The molecule has 1 aliphatic carbocycles. The molecule has 4 aromatic rings. The van der Waals surface area contributed by atoms with Crippen LogP contribution in [0.5, 0.6) is 0 Å². The molecule has 8 nitrogen and oxygen atoms in total. The van der Waals surface area contributed by atoms with Crippen molar-refractivity contribution in [2.24, 2.45) is 5.92 Å². The Hall–Kier alpha value is -3.69. The summed E-state index contributed by atoms with van der Waals surface area (Å²) in [4.78, 5) is 20.6. The summed E-state index contributed by atoms with van der Waals surface area (Å²) < 4.78 is 29.1. The molecule has 0 radical (unpaired) electrons. The molecule has 9 heteroatoms. The number of sulfonamides is 1. The van der Waals surface area contributed by atoms with Crippen LogP contribution in [0.15, 0.2) is 83.8 Å². The molecular weight excluding hydrogens is 486 g/mol. The lowest BCUT2D eigenvalue weighted by molar-refractivity contribution is -0.126. The van der Waals surface area contributed by atoms with Crippen molar-refractivity contribution in [3.8, 4) is 0 Å². The molecule has 5 rings (SSSR count). The molecule has 1 saturated carbocycles. The molecule has 0 unspecified atom stereocenters. The van der Waals surface area contributed by atoms with E-state index in [9.17, 15) is 13.2 Å². The number of benzene rings is 3. The van der Waals surface area contributed by atoms with Crippen LogP contribution in [0.4, 0.5) is 11.6 Å². The number of aromatic nitrogens is 2. The predicted molar refractivity (Wildman–Crippen MR) is 145 cm³/mol. The lowest BCUT2D eigenvalue weighted by Gasteiger charge is -2.29. The van der Waals surface area contributed by atoms with Crippen molar-refractivity contribution in [2.45, 2.75) is 49.6 Å². The average molecular weight is 518 g/mol. The Balaban J connectivity index is 1.18. The van der Waals surface area contributed by atoms with Gasteiger partial charge in [-0.15, -0.1) is 0 Å². The standard InChI is InChI=1S/C28H31N5O3S/c1-19(20-8-4-2-5-9-20)29-27(34)21-12-14-23(15-13-21)33-37(35,36)24-16-17-25-26(18-24)32-28(31-25)30-22-10-6-3-7-11-22/h2-11,16-19,21,23,33H,12-15H2,1H3,(H,29,34)(H2,30,31,32)/t19-,21-,23-/m1/s1. The molecule has 1 amide bonds. The van der Waals surface area contributed by atoms with Crippen LogP contribution in [0.3, 0.4) is 0 Å². The first kappa shape index (κ1) is 25.0. The van der Waals surface area contributed by atoms with Crippen molar-refractivity contribution in [1.29, 1.82) is 0 Å². The lowest BCUT2D eigenvalue weighted by atomic mass is 9.85. The fourth-order valence-corrected chi connectivity index (χ4v) is 6.11. The Morgan fingerprint density at radius 1 is 0.946 bits per heavy atom. The molecule has 0 saturated heterocycles. The molecule has 1 fully saturated rings. The van der Waals surface area contributed by atoms with E-state index in [1.165, 1.54) is 0 Å². The van der Waals surface area contributed by atoms with E-state index in [1.807, 2.05) is 67.6 Å². The van der Waals surface area contributed by atoms with Gasteiger partial charge in [0.15, 0.2) is 0 Å². The van der Waals surface area contributed by atoms with E-state index in [-0.39, 0.29) is 28.8 Å². The number of rotatable bonds is 8. The number of imidazole rings is 1. The summed E-state index contributed by atoms with van der Waals surface area (Å²) in [5.41, 5.74) is 3.26. The van der Waals surface area contributed by atoms with Crippen molar-refractivity contribution < 1.29 is 13.2 Å². The van der Waals surface area contributed by atoms with E-state index < -0.39 is 10.0 Å². The Morgan fingerprint density at radius 2 is 1.62 bits per heavy atom. The number of para-hydroxylation sites is 1. The first-order valence-electron chi connectivity index (χ1n) is 12.6. The fraction of sp³-hybridized carbons (Fsp3) is 0.286. The molecule has 0 bridgehead atoms. The normalized spacial score (nSPS) is 18.8. The molecule has 1 aliphatic rings. The number of nitrogens with zero attached hydrogens (tertiary/aromatic N) is 1. The first-order valence-corrected chi connectivity index (χ1v) is 14.1. The zero-order valence-electron chi connectivity index (χ0n) is 20.6. The Kier molecular flexibility index (Phi) is 7.25. The quantitative estimate of drug-likeness (QED) is 0.262. The summed E-state index contributed by atoms with van der Waals surface area (Å²) >= 11 is 0. The summed E-state index contributed by atoms with van der Waals surface area (Å²) in [5.74, 6) is 0.464. The Bertz CT molecular complexity index is 1460. The first-order chi connectivity index (χ1) is 17.9. The minimum Gasteiger partial charge on any atom is -0.349 e. The number of carbonyl (C=O) groups is 1. The van der Waals surface area contributed by atoms with Crippen LogP contribution in [0.2, 0.25) is 0 Å². The predicted octanol–water partition coefficient (Wildman–Crippen LogP) is 5.02. The highest BCUT2D eigenvalue weighted by Gasteiger charge is 2.30. The minimum absolute atomic E-state index is 0.0292. The van der Waals surface area contributed by atoms with Crippen LogP contribution >= 0.6 is 0 Å².